The quantitative estimate of drug-likeness (QED) is 0.779. The summed E-state index contributed by atoms with van der Waals surface area (Å²) in [5.74, 6) is 1.48. The summed E-state index contributed by atoms with van der Waals surface area (Å²) in [5, 5.41) is 9.67. The van der Waals surface area contributed by atoms with Gasteiger partial charge in [0.25, 0.3) is 0 Å². The average Bonchev–Trinajstić information content (AvgIpc) is 2.25. The fraction of sp³-hybridized carbons (Fsp3) is 1.00. The molecule has 2 saturated carbocycles. The molecule has 15 heavy (non-hydrogen) atoms. The summed E-state index contributed by atoms with van der Waals surface area (Å²) in [6.45, 7) is 3.08. The van der Waals surface area contributed by atoms with Crippen LogP contribution in [0.3, 0.4) is 0 Å². The molecule has 0 bridgehead atoms. The highest BCUT2D eigenvalue weighted by atomic mass is 16.5. The van der Waals surface area contributed by atoms with Crippen molar-refractivity contribution in [2.75, 3.05) is 6.61 Å². The SMILES string of the molecule is CCCOC1CCCC2CC(O)CCC21. The smallest absolute Gasteiger partial charge is 0.0605 e. The van der Waals surface area contributed by atoms with Crippen LogP contribution in [0.1, 0.15) is 51.9 Å². The van der Waals surface area contributed by atoms with Gasteiger partial charge in [-0.25, -0.2) is 0 Å². The van der Waals surface area contributed by atoms with E-state index in [1.165, 1.54) is 25.7 Å². The van der Waals surface area contributed by atoms with Crippen LogP contribution in [0, 0.1) is 11.8 Å². The summed E-state index contributed by atoms with van der Waals surface area (Å²) < 4.78 is 5.96. The highest BCUT2D eigenvalue weighted by Gasteiger charge is 2.37. The lowest BCUT2D eigenvalue weighted by Gasteiger charge is -2.42. The van der Waals surface area contributed by atoms with Crippen molar-refractivity contribution in [2.45, 2.75) is 64.1 Å². The predicted molar refractivity (Wildman–Crippen MR) is 60.7 cm³/mol. The van der Waals surface area contributed by atoms with Crippen molar-refractivity contribution in [1.82, 2.24) is 0 Å². The zero-order valence-corrected chi connectivity index (χ0v) is 9.82. The monoisotopic (exact) mass is 212 g/mol. The molecule has 1 N–H and O–H groups in total. The van der Waals surface area contributed by atoms with E-state index in [9.17, 15) is 5.11 Å². The van der Waals surface area contributed by atoms with Gasteiger partial charge in [0, 0.05) is 6.61 Å². The number of aliphatic hydroxyl groups excluding tert-OH is 1. The highest BCUT2D eigenvalue weighted by Crippen LogP contribution is 2.41. The molecule has 0 heterocycles. The normalized spacial score (nSPS) is 41.2. The molecule has 0 aromatic rings. The van der Waals surface area contributed by atoms with Crippen molar-refractivity contribution in [3.05, 3.63) is 0 Å². The van der Waals surface area contributed by atoms with Gasteiger partial charge in [-0.1, -0.05) is 13.3 Å². The minimum atomic E-state index is -0.0313. The third-order valence-electron chi connectivity index (χ3n) is 4.09. The van der Waals surface area contributed by atoms with Crippen molar-refractivity contribution >= 4 is 0 Å². The van der Waals surface area contributed by atoms with E-state index in [0.29, 0.717) is 6.10 Å². The molecule has 0 aromatic heterocycles. The standard InChI is InChI=1S/C13H24O2/c1-2-8-15-13-5-3-4-10-9-11(14)6-7-12(10)13/h10-14H,2-9H2,1H3. The molecule has 4 unspecified atom stereocenters. The third kappa shape index (κ3) is 2.73. The summed E-state index contributed by atoms with van der Waals surface area (Å²) in [6.07, 6.45) is 8.64. The molecule has 88 valence electrons. The topological polar surface area (TPSA) is 29.5 Å². The van der Waals surface area contributed by atoms with E-state index in [-0.39, 0.29) is 6.10 Å². The number of hydrogen-bond donors (Lipinski definition) is 1. The van der Waals surface area contributed by atoms with Crippen LogP contribution in [0.15, 0.2) is 0 Å². The summed E-state index contributed by atoms with van der Waals surface area (Å²) in [6, 6.07) is 0. The van der Waals surface area contributed by atoms with Crippen LogP contribution >= 0.6 is 0 Å². The Morgan fingerprint density at radius 3 is 2.87 bits per heavy atom. The van der Waals surface area contributed by atoms with Crippen LogP contribution in [0.25, 0.3) is 0 Å². The maximum Gasteiger partial charge on any atom is 0.0605 e. The van der Waals surface area contributed by atoms with Crippen LogP contribution in [-0.2, 0) is 4.74 Å². The fourth-order valence-corrected chi connectivity index (χ4v) is 3.36. The molecular weight excluding hydrogens is 188 g/mol. The number of aliphatic hydroxyl groups is 1. The molecule has 2 fully saturated rings. The Bertz CT molecular complexity index is 193. The molecule has 2 aliphatic rings. The number of ether oxygens (including phenoxy) is 1. The minimum absolute atomic E-state index is 0.0313. The lowest BCUT2D eigenvalue weighted by molar-refractivity contribution is -0.0654. The van der Waals surface area contributed by atoms with Gasteiger partial charge in [0.05, 0.1) is 12.2 Å². The first-order chi connectivity index (χ1) is 7.31. The lowest BCUT2D eigenvalue weighted by Crippen LogP contribution is -2.40. The molecule has 0 saturated heterocycles. The molecule has 2 aliphatic carbocycles. The van der Waals surface area contributed by atoms with E-state index in [1.807, 2.05) is 0 Å². The maximum absolute atomic E-state index is 9.67. The molecule has 0 aromatic carbocycles. The van der Waals surface area contributed by atoms with Gasteiger partial charge >= 0.3 is 0 Å². The van der Waals surface area contributed by atoms with Gasteiger partial charge in [0.1, 0.15) is 0 Å². The van der Waals surface area contributed by atoms with Crippen LogP contribution < -0.4 is 0 Å². The molecule has 4 atom stereocenters. The van der Waals surface area contributed by atoms with E-state index in [4.69, 9.17) is 4.74 Å². The van der Waals surface area contributed by atoms with Gasteiger partial charge in [-0.05, 0) is 50.4 Å². The van der Waals surface area contributed by atoms with Gasteiger partial charge < -0.3 is 9.84 Å². The summed E-state index contributed by atoms with van der Waals surface area (Å²) in [5.41, 5.74) is 0. The second kappa shape index (κ2) is 5.31. The summed E-state index contributed by atoms with van der Waals surface area (Å²) in [7, 11) is 0. The second-order valence-electron chi connectivity index (χ2n) is 5.23. The molecule has 0 amide bonds. The molecule has 0 aliphatic heterocycles. The van der Waals surface area contributed by atoms with Gasteiger partial charge in [-0.3, -0.25) is 0 Å². The average molecular weight is 212 g/mol. The first-order valence-corrected chi connectivity index (χ1v) is 6.61. The fourth-order valence-electron chi connectivity index (χ4n) is 3.36. The molecule has 2 rings (SSSR count). The van der Waals surface area contributed by atoms with Crippen LogP contribution in [0.5, 0.6) is 0 Å². The van der Waals surface area contributed by atoms with Crippen molar-refractivity contribution in [3.63, 3.8) is 0 Å². The zero-order chi connectivity index (χ0) is 10.7. The zero-order valence-electron chi connectivity index (χ0n) is 9.82. The van der Waals surface area contributed by atoms with Crippen molar-refractivity contribution in [2.24, 2.45) is 11.8 Å². The van der Waals surface area contributed by atoms with Crippen LogP contribution in [0.4, 0.5) is 0 Å². The molecule has 2 heteroatoms. The third-order valence-corrected chi connectivity index (χ3v) is 4.09. The van der Waals surface area contributed by atoms with Gasteiger partial charge in [0.15, 0.2) is 0 Å². The van der Waals surface area contributed by atoms with Crippen molar-refractivity contribution in [3.8, 4) is 0 Å². The lowest BCUT2D eigenvalue weighted by atomic mass is 9.68. The Morgan fingerprint density at radius 1 is 1.20 bits per heavy atom. The Hall–Kier alpha value is -0.0800. The molecule has 0 spiro atoms. The van der Waals surface area contributed by atoms with Gasteiger partial charge in [-0.2, -0.15) is 0 Å². The first kappa shape index (κ1) is 11.4. The Kier molecular flexibility index (Phi) is 4.04. The summed E-state index contributed by atoms with van der Waals surface area (Å²) in [4.78, 5) is 0. The minimum Gasteiger partial charge on any atom is -0.393 e. The van der Waals surface area contributed by atoms with Crippen LogP contribution in [0.2, 0.25) is 0 Å². The Morgan fingerprint density at radius 2 is 2.07 bits per heavy atom. The Labute approximate surface area is 93.0 Å². The van der Waals surface area contributed by atoms with Crippen LogP contribution in [-0.4, -0.2) is 23.9 Å². The van der Waals surface area contributed by atoms with E-state index < -0.39 is 0 Å². The molecule has 0 radical (unpaired) electrons. The first-order valence-electron chi connectivity index (χ1n) is 6.61. The number of hydrogen-bond acceptors (Lipinski definition) is 2. The molecule has 2 nitrogen and oxygen atoms in total. The highest BCUT2D eigenvalue weighted by molar-refractivity contribution is 4.88. The van der Waals surface area contributed by atoms with Crippen molar-refractivity contribution in [1.29, 1.82) is 0 Å². The van der Waals surface area contributed by atoms with E-state index in [1.54, 1.807) is 0 Å². The number of rotatable bonds is 3. The summed E-state index contributed by atoms with van der Waals surface area (Å²) >= 11 is 0. The van der Waals surface area contributed by atoms with E-state index >= 15 is 0 Å². The van der Waals surface area contributed by atoms with E-state index in [0.717, 1.165) is 37.7 Å². The maximum atomic E-state index is 9.67. The predicted octanol–water partition coefficient (Wildman–Crippen LogP) is 2.74. The second-order valence-corrected chi connectivity index (χ2v) is 5.23. The molecular formula is C13H24O2. The van der Waals surface area contributed by atoms with Gasteiger partial charge in [0.2, 0.25) is 0 Å². The van der Waals surface area contributed by atoms with Crippen molar-refractivity contribution < 1.29 is 9.84 Å². The van der Waals surface area contributed by atoms with Gasteiger partial charge in [-0.15, -0.1) is 0 Å². The van der Waals surface area contributed by atoms with E-state index in [2.05, 4.69) is 6.92 Å². The largest absolute Gasteiger partial charge is 0.393 e. The Balaban J connectivity index is 1.89. The number of fused-ring (bicyclic) bond motifs is 1.